The van der Waals surface area contributed by atoms with Gasteiger partial charge >= 0.3 is 12.1 Å². The molecule has 0 aliphatic carbocycles. The Morgan fingerprint density at radius 2 is 1.49 bits per heavy atom. The Morgan fingerprint density at radius 1 is 0.892 bits per heavy atom. The molecule has 0 fully saturated rings. The summed E-state index contributed by atoms with van der Waals surface area (Å²) in [5, 5.41) is 2.69. The van der Waals surface area contributed by atoms with Gasteiger partial charge in [0, 0.05) is 12.1 Å². The molecule has 1 unspecified atom stereocenters. The van der Waals surface area contributed by atoms with E-state index in [0.29, 0.717) is 16.9 Å². The van der Waals surface area contributed by atoms with E-state index in [2.05, 4.69) is 17.0 Å². The van der Waals surface area contributed by atoms with Gasteiger partial charge in [0.25, 0.3) is 5.91 Å². The topological polar surface area (TPSA) is 64.6 Å². The van der Waals surface area contributed by atoms with Crippen LogP contribution in [0.3, 0.4) is 0 Å². The van der Waals surface area contributed by atoms with Crippen molar-refractivity contribution in [3.8, 4) is 16.9 Å². The van der Waals surface area contributed by atoms with Gasteiger partial charge in [-0.1, -0.05) is 49.7 Å². The van der Waals surface area contributed by atoms with Crippen LogP contribution in [-0.2, 0) is 15.7 Å². The first-order chi connectivity index (χ1) is 17.7. The summed E-state index contributed by atoms with van der Waals surface area (Å²) in [7, 11) is 1.30. The van der Waals surface area contributed by atoms with Crippen molar-refractivity contribution in [3.63, 3.8) is 0 Å². The van der Waals surface area contributed by atoms with E-state index in [1.807, 2.05) is 24.3 Å². The largest absolute Gasteiger partial charge is 0.486 e. The van der Waals surface area contributed by atoms with Crippen LogP contribution in [0.5, 0.6) is 5.75 Å². The van der Waals surface area contributed by atoms with Gasteiger partial charge in [0.1, 0.15) is 11.9 Å². The molecule has 0 bridgehead atoms. The van der Waals surface area contributed by atoms with E-state index in [-0.39, 0.29) is 30.9 Å². The third-order valence-corrected chi connectivity index (χ3v) is 5.89. The van der Waals surface area contributed by atoms with Crippen molar-refractivity contribution < 1.29 is 32.2 Å². The summed E-state index contributed by atoms with van der Waals surface area (Å²) in [6, 6.07) is 19.4. The first-order valence-corrected chi connectivity index (χ1v) is 12.1. The summed E-state index contributed by atoms with van der Waals surface area (Å²) in [5.41, 5.74) is 2.19. The van der Waals surface area contributed by atoms with Gasteiger partial charge < -0.3 is 14.8 Å². The van der Waals surface area contributed by atoms with Crippen LogP contribution in [0.25, 0.3) is 11.1 Å². The number of ether oxygens (including phenoxy) is 2. The summed E-state index contributed by atoms with van der Waals surface area (Å²) in [5.74, 6) is -0.0271. The smallest absolute Gasteiger partial charge is 0.416 e. The summed E-state index contributed by atoms with van der Waals surface area (Å²) in [6.07, 6.45) is -1.77. The van der Waals surface area contributed by atoms with E-state index < -0.39 is 11.7 Å². The Hall–Kier alpha value is -3.81. The zero-order chi connectivity index (χ0) is 26.8. The summed E-state index contributed by atoms with van der Waals surface area (Å²) in [6.45, 7) is 2.29. The Bertz CT molecular complexity index is 1160. The predicted octanol–water partition coefficient (Wildman–Crippen LogP) is 6.98. The van der Waals surface area contributed by atoms with Crippen LogP contribution in [0.2, 0.25) is 0 Å². The number of hydrogen-bond acceptors (Lipinski definition) is 4. The molecule has 3 aromatic rings. The van der Waals surface area contributed by atoms with Crippen LogP contribution in [0, 0.1) is 0 Å². The van der Waals surface area contributed by atoms with E-state index in [4.69, 9.17) is 4.74 Å². The summed E-state index contributed by atoms with van der Waals surface area (Å²) < 4.78 is 49.3. The molecule has 196 valence electrons. The van der Waals surface area contributed by atoms with E-state index >= 15 is 0 Å². The zero-order valence-electron chi connectivity index (χ0n) is 20.8. The molecule has 0 aromatic heterocycles. The van der Waals surface area contributed by atoms with Gasteiger partial charge in [-0.15, -0.1) is 0 Å². The number of carbonyl (C=O) groups excluding carboxylic acids is 2. The molecule has 1 atom stereocenters. The van der Waals surface area contributed by atoms with Crippen molar-refractivity contribution in [3.05, 3.63) is 89.5 Å². The number of rotatable bonds is 11. The fourth-order valence-corrected chi connectivity index (χ4v) is 3.76. The monoisotopic (exact) mass is 513 g/mol. The molecule has 3 aromatic carbocycles. The average Bonchev–Trinajstić information content (AvgIpc) is 2.91. The maximum absolute atomic E-state index is 12.8. The third kappa shape index (κ3) is 8.10. The number of alkyl halides is 3. The van der Waals surface area contributed by atoms with E-state index in [1.54, 1.807) is 24.3 Å². The highest BCUT2D eigenvalue weighted by molar-refractivity contribution is 5.94. The second-order valence-electron chi connectivity index (χ2n) is 8.55. The van der Waals surface area contributed by atoms with Crippen LogP contribution in [0.1, 0.15) is 60.2 Å². The van der Waals surface area contributed by atoms with Crippen LogP contribution >= 0.6 is 0 Å². The number of benzene rings is 3. The number of halogens is 3. The molecule has 5 nitrogen and oxygen atoms in total. The van der Waals surface area contributed by atoms with E-state index in [9.17, 15) is 22.8 Å². The lowest BCUT2D eigenvalue weighted by Gasteiger charge is -2.20. The highest BCUT2D eigenvalue weighted by Gasteiger charge is 2.30. The first-order valence-electron chi connectivity index (χ1n) is 12.1. The first kappa shape index (κ1) is 27.8. The van der Waals surface area contributed by atoms with E-state index in [0.717, 1.165) is 42.5 Å². The molecule has 1 amide bonds. The maximum Gasteiger partial charge on any atom is 0.416 e. The molecule has 8 heteroatoms. The van der Waals surface area contributed by atoms with Crippen LogP contribution in [-0.4, -0.2) is 25.5 Å². The lowest BCUT2D eigenvalue weighted by Crippen LogP contribution is -2.26. The Morgan fingerprint density at radius 3 is 2.03 bits per heavy atom. The van der Waals surface area contributed by atoms with Crippen molar-refractivity contribution in [2.45, 2.75) is 44.9 Å². The van der Waals surface area contributed by atoms with Gasteiger partial charge in [0.15, 0.2) is 0 Å². The molecule has 3 rings (SSSR count). The molecule has 0 spiro atoms. The van der Waals surface area contributed by atoms with Crippen molar-refractivity contribution >= 4 is 11.9 Å². The summed E-state index contributed by atoms with van der Waals surface area (Å²) >= 11 is 0. The molecule has 0 heterocycles. The standard InChI is InChI=1S/C29H30F3NO4/c1-3-4-5-26(22-6-8-23(9-7-22)28(35)33-19-18-27(34)36-2)37-25-16-12-21(13-17-25)20-10-14-24(15-11-20)29(30,31)32/h6-17,26H,3-5,18-19H2,1-2H3,(H,33,35). The Labute approximate surface area is 214 Å². The van der Waals surface area contributed by atoms with Crippen molar-refractivity contribution in [2.24, 2.45) is 0 Å². The highest BCUT2D eigenvalue weighted by atomic mass is 19.4. The van der Waals surface area contributed by atoms with Gasteiger partial charge in [-0.25, -0.2) is 0 Å². The number of amides is 1. The predicted molar refractivity (Wildman–Crippen MR) is 135 cm³/mol. The number of hydrogen-bond donors (Lipinski definition) is 1. The van der Waals surface area contributed by atoms with Crippen molar-refractivity contribution in [1.82, 2.24) is 5.32 Å². The van der Waals surface area contributed by atoms with Crippen LogP contribution < -0.4 is 10.1 Å². The molecular weight excluding hydrogens is 483 g/mol. The fraction of sp³-hybridized carbons (Fsp3) is 0.310. The second kappa shape index (κ2) is 12.9. The van der Waals surface area contributed by atoms with Gasteiger partial charge in [0.2, 0.25) is 0 Å². The van der Waals surface area contributed by atoms with Crippen LogP contribution in [0.4, 0.5) is 13.2 Å². The molecular formula is C29H30F3NO4. The van der Waals surface area contributed by atoms with Gasteiger partial charge in [-0.3, -0.25) is 9.59 Å². The zero-order valence-corrected chi connectivity index (χ0v) is 20.8. The second-order valence-corrected chi connectivity index (χ2v) is 8.55. The molecule has 0 aliphatic rings. The number of esters is 1. The quantitative estimate of drug-likeness (QED) is 0.281. The minimum Gasteiger partial charge on any atom is -0.486 e. The van der Waals surface area contributed by atoms with E-state index in [1.165, 1.54) is 19.2 Å². The normalized spacial score (nSPS) is 12.0. The van der Waals surface area contributed by atoms with Crippen LogP contribution in [0.15, 0.2) is 72.8 Å². The molecule has 0 saturated carbocycles. The number of nitrogens with one attached hydrogen (secondary N) is 1. The number of carbonyl (C=O) groups is 2. The van der Waals surface area contributed by atoms with Gasteiger partial charge in [-0.05, 0) is 65.9 Å². The van der Waals surface area contributed by atoms with Gasteiger partial charge in [-0.2, -0.15) is 13.2 Å². The highest BCUT2D eigenvalue weighted by Crippen LogP contribution is 2.32. The Kier molecular flexibility index (Phi) is 9.71. The molecule has 0 saturated heterocycles. The minimum atomic E-state index is -4.36. The number of methoxy groups -OCH3 is 1. The lowest BCUT2D eigenvalue weighted by atomic mass is 10.0. The summed E-state index contributed by atoms with van der Waals surface area (Å²) in [4.78, 5) is 23.5. The third-order valence-electron chi connectivity index (χ3n) is 5.89. The average molecular weight is 514 g/mol. The molecule has 0 radical (unpaired) electrons. The van der Waals surface area contributed by atoms with Crippen molar-refractivity contribution in [2.75, 3.05) is 13.7 Å². The molecule has 37 heavy (non-hydrogen) atoms. The lowest BCUT2D eigenvalue weighted by molar-refractivity contribution is -0.140. The fourth-order valence-electron chi connectivity index (χ4n) is 3.76. The molecule has 1 N–H and O–H groups in total. The molecule has 0 aliphatic heterocycles. The minimum absolute atomic E-state index is 0.102. The van der Waals surface area contributed by atoms with Gasteiger partial charge in [0.05, 0.1) is 19.1 Å². The Balaban J connectivity index is 1.67. The SMILES string of the molecule is CCCCC(Oc1ccc(-c2ccc(C(F)(F)F)cc2)cc1)c1ccc(C(=O)NCCC(=O)OC)cc1. The van der Waals surface area contributed by atoms with Crippen molar-refractivity contribution in [1.29, 1.82) is 0 Å². The number of unbranched alkanes of at least 4 members (excludes halogenated alkanes) is 1. The maximum atomic E-state index is 12.8.